The third-order valence-corrected chi connectivity index (χ3v) is 2.57. The molecule has 0 bridgehead atoms. The van der Waals surface area contributed by atoms with Gasteiger partial charge in [0.2, 0.25) is 0 Å². The molecular formula is C13H13FN2O. The highest BCUT2D eigenvalue weighted by Crippen LogP contribution is 2.19. The van der Waals surface area contributed by atoms with Gasteiger partial charge in [-0.15, -0.1) is 0 Å². The van der Waals surface area contributed by atoms with Gasteiger partial charge in [0.15, 0.2) is 5.82 Å². The van der Waals surface area contributed by atoms with Crippen LogP contribution in [-0.4, -0.2) is 15.1 Å². The molecule has 0 saturated heterocycles. The minimum absolute atomic E-state index is 0.286. The van der Waals surface area contributed by atoms with Crippen molar-refractivity contribution in [2.24, 2.45) is 0 Å². The van der Waals surface area contributed by atoms with Crippen LogP contribution in [0.4, 0.5) is 4.39 Å². The zero-order valence-corrected chi connectivity index (χ0v) is 9.68. The van der Waals surface area contributed by atoms with Crippen molar-refractivity contribution in [2.75, 3.05) is 0 Å². The van der Waals surface area contributed by atoms with Crippen LogP contribution in [0.1, 0.15) is 24.3 Å². The second-order valence-electron chi connectivity index (χ2n) is 3.92. The van der Waals surface area contributed by atoms with Gasteiger partial charge in [0.25, 0.3) is 0 Å². The maximum Gasteiger partial charge on any atom is 0.159 e. The van der Waals surface area contributed by atoms with Crippen molar-refractivity contribution in [1.82, 2.24) is 9.97 Å². The molecule has 0 radical (unpaired) electrons. The molecule has 2 aromatic rings. The summed E-state index contributed by atoms with van der Waals surface area (Å²) in [7, 11) is 0. The van der Waals surface area contributed by atoms with Crippen molar-refractivity contribution >= 4 is 0 Å². The van der Waals surface area contributed by atoms with Gasteiger partial charge in [-0.2, -0.15) is 0 Å². The van der Waals surface area contributed by atoms with Crippen molar-refractivity contribution in [1.29, 1.82) is 0 Å². The highest BCUT2D eigenvalue weighted by atomic mass is 19.1. The lowest BCUT2D eigenvalue weighted by molar-refractivity contribution is 0.197. The number of halogens is 1. The summed E-state index contributed by atoms with van der Waals surface area (Å²) in [5.74, 6) is 0.248. The number of benzene rings is 1. The lowest BCUT2D eigenvalue weighted by Crippen LogP contribution is -2.01. The summed E-state index contributed by atoms with van der Waals surface area (Å²) in [6, 6.07) is 6.01. The third kappa shape index (κ3) is 2.47. The molecule has 2 rings (SSSR count). The van der Waals surface area contributed by atoms with Gasteiger partial charge in [0, 0.05) is 23.0 Å². The summed E-state index contributed by atoms with van der Waals surface area (Å²) in [6.07, 6.45) is 1.02. The second-order valence-corrected chi connectivity index (χ2v) is 3.92. The van der Waals surface area contributed by atoms with Crippen LogP contribution in [0, 0.1) is 12.7 Å². The number of aromatic nitrogens is 2. The fraction of sp³-hybridized carbons (Fsp3) is 0.231. The molecule has 3 nitrogen and oxygen atoms in total. The molecule has 1 unspecified atom stereocenters. The average Bonchev–Trinajstić information content (AvgIpc) is 2.29. The van der Waals surface area contributed by atoms with Crippen molar-refractivity contribution in [3.8, 4) is 11.4 Å². The van der Waals surface area contributed by atoms with Crippen molar-refractivity contribution in [3.63, 3.8) is 0 Å². The van der Waals surface area contributed by atoms with Crippen molar-refractivity contribution < 1.29 is 9.50 Å². The lowest BCUT2D eigenvalue weighted by Gasteiger charge is -2.08. The lowest BCUT2D eigenvalue weighted by atomic mass is 10.1. The van der Waals surface area contributed by atoms with Crippen LogP contribution in [0.15, 0.2) is 30.5 Å². The molecule has 0 saturated carbocycles. The van der Waals surface area contributed by atoms with Gasteiger partial charge in [-0.3, -0.25) is 0 Å². The number of aryl methyl sites for hydroxylation is 1. The Morgan fingerprint density at radius 2 is 1.88 bits per heavy atom. The predicted octanol–water partition coefficient (Wildman–Crippen LogP) is 2.64. The topological polar surface area (TPSA) is 46.0 Å². The maximum atomic E-state index is 12.8. The van der Waals surface area contributed by atoms with Crippen LogP contribution in [0.25, 0.3) is 11.4 Å². The Kier molecular flexibility index (Phi) is 3.15. The van der Waals surface area contributed by atoms with E-state index >= 15 is 0 Å². The molecule has 0 spiro atoms. The van der Waals surface area contributed by atoms with E-state index in [0.29, 0.717) is 11.4 Å². The fourth-order valence-electron chi connectivity index (χ4n) is 1.62. The first-order chi connectivity index (χ1) is 8.08. The molecule has 0 amide bonds. The van der Waals surface area contributed by atoms with E-state index in [1.165, 1.54) is 12.1 Å². The van der Waals surface area contributed by atoms with Crippen LogP contribution in [0.5, 0.6) is 0 Å². The average molecular weight is 232 g/mol. The molecule has 1 atom stereocenters. The van der Waals surface area contributed by atoms with Crippen LogP contribution in [0.3, 0.4) is 0 Å². The summed E-state index contributed by atoms with van der Waals surface area (Å²) in [6.45, 7) is 3.49. The summed E-state index contributed by atoms with van der Waals surface area (Å²) in [5.41, 5.74) is 2.19. The molecule has 0 aliphatic heterocycles. The summed E-state index contributed by atoms with van der Waals surface area (Å²) < 4.78 is 12.8. The van der Waals surface area contributed by atoms with Crippen LogP contribution in [0.2, 0.25) is 0 Å². The van der Waals surface area contributed by atoms with Gasteiger partial charge >= 0.3 is 0 Å². The van der Waals surface area contributed by atoms with Gasteiger partial charge < -0.3 is 5.11 Å². The zero-order valence-electron chi connectivity index (χ0n) is 9.68. The molecule has 0 aliphatic carbocycles. The van der Waals surface area contributed by atoms with Gasteiger partial charge in [-0.25, -0.2) is 14.4 Å². The normalized spacial score (nSPS) is 12.5. The van der Waals surface area contributed by atoms with Crippen molar-refractivity contribution in [3.05, 3.63) is 47.5 Å². The van der Waals surface area contributed by atoms with E-state index in [2.05, 4.69) is 9.97 Å². The van der Waals surface area contributed by atoms with Crippen LogP contribution < -0.4 is 0 Å². The summed E-state index contributed by atoms with van der Waals surface area (Å²) in [4.78, 5) is 8.47. The number of rotatable bonds is 2. The van der Waals surface area contributed by atoms with E-state index < -0.39 is 6.10 Å². The smallest absolute Gasteiger partial charge is 0.159 e. The fourth-order valence-corrected chi connectivity index (χ4v) is 1.62. The van der Waals surface area contributed by atoms with E-state index in [0.717, 1.165) is 11.3 Å². The number of aliphatic hydroxyl groups is 1. The first kappa shape index (κ1) is 11.7. The molecule has 1 heterocycles. The third-order valence-electron chi connectivity index (χ3n) is 2.57. The van der Waals surface area contributed by atoms with Crippen molar-refractivity contribution in [2.45, 2.75) is 20.0 Å². The minimum atomic E-state index is -0.586. The van der Waals surface area contributed by atoms with E-state index in [-0.39, 0.29) is 5.82 Å². The van der Waals surface area contributed by atoms with E-state index in [1.807, 2.05) is 6.92 Å². The molecule has 88 valence electrons. The predicted molar refractivity (Wildman–Crippen MR) is 62.8 cm³/mol. The Balaban J connectivity index is 2.41. The molecular weight excluding hydrogens is 219 g/mol. The number of nitrogens with zero attached hydrogens (tertiary/aromatic N) is 2. The molecule has 1 N–H and O–H groups in total. The molecule has 0 aliphatic rings. The van der Waals surface area contributed by atoms with Crippen LogP contribution >= 0.6 is 0 Å². The second kappa shape index (κ2) is 4.59. The molecule has 17 heavy (non-hydrogen) atoms. The first-order valence-corrected chi connectivity index (χ1v) is 5.35. The quantitative estimate of drug-likeness (QED) is 0.865. The monoisotopic (exact) mass is 232 g/mol. The number of hydrogen-bond acceptors (Lipinski definition) is 3. The number of aliphatic hydroxyl groups excluding tert-OH is 1. The molecule has 4 heteroatoms. The Bertz CT molecular complexity index is 523. The Morgan fingerprint density at radius 1 is 1.24 bits per heavy atom. The van der Waals surface area contributed by atoms with Gasteiger partial charge in [0.1, 0.15) is 5.82 Å². The minimum Gasteiger partial charge on any atom is -0.389 e. The zero-order chi connectivity index (χ0) is 12.4. The Hall–Kier alpha value is -1.81. The molecule has 0 fully saturated rings. The molecule has 1 aromatic heterocycles. The Morgan fingerprint density at radius 3 is 2.41 bits per heavy atom. The van der Waals surface area contributed by atoms with E-state index in [4.69, 9.17) is 0 Å². The Labute approximate surface area is 99.0 Å². The van der Waals surface area contributed by atoms with Gasteiger partial charge in [-0.1, -0.05) is 0 Å². The first-order valence-electron chi connectivity index (χ1n) is 5.35. The standard InChI is InChI=1S/C13H13FN2O/c1-8-12(9(2)17)7-15-13(16-8)10-3-5-11(14)6-4-10/h3-7,9,17H,1-2H3. The molecule has 1 aromatic carbocycles. The van der Waals surface area contributed by atoms with E-state index in [1.54, 1.807) is 25.3 Å². The summed E-state index contributed by atoms with van der Waals surface area (Å²) in [5, 5.41) is 9.47. The van der Waals surface area contributed by atoms with E-state index in [9.17, 15) is 9.50 Å². The van der Waals surface area contributed by atoms with Gasteiger partial charge in [-0.05, 0) is 38.1 Å². The maximum absolute atomic E-state index is 12.8. The SMILES string of the molecule is Cc1nc(-c2ccc(F)cc2)ncc1C(C)O. The highest BCUT2D eigenvalue weighted by Gasteiger charge is 2.09. The van der Waals surface area contributed by atoms with Gasteiger partial charge in [0.05, 0.1) is 6.10 Å². The highest BCUT2D eigenvalue weighted by molar-refractivity contribution is 5.54. The number of hydrogen-bond donors (Lipinski definition) is 1. The largest absolute Gasteiger partial charge is 0.389 e. The summed E-state index contributed by atoms with van der Waals surface area (Å²) >= 11 is 0. The van der Waals surface area contributed by atoms with Crippen LogP contribution in [-0.2, 0) is 0 Å².